The van der Waals surface area contributed by atoms with Crippen molar-refractivity contribution in [2.45, 2.75) is 31.7 Å². The quantitative estimate of drug-likeness (QED) is 0.755. The monoisotopic (exact) mass is 212 g/mol. The molecule has 0 aromatic rings. The van der Waals surface area contributed by atoms with Crippen molar-refractivity contribution in [2.75, 3.05) is 39.9 Å². The van der Waals surface area contributed by atoms with Gasteiger partial charge in [0.15, 0.2) is 0 Å². The summed E-state index contributed by atoms with van der Waals surface area (Å²) >= 11 is 0. The van der Waals surface area contributed by atoms with Crippen molar-refractivity contribution in [1.82, 2.24) is 10.2 Å². The number of nitrogens with zero attached hydrogens (tertiary/aromatic N) is 1. The van der Waals surface area contributed by atoms with Crippen LogP contribution in [0.15, 0.2) is 0 Å². The average molecular weight is 212 g/mol. The van der Waals surface area contributed by atoms with Crippen LogP contribution in [-0.4, -0.2) is 50.8 Å². The van der Waals surface area contributed by atoms with E-state index in [2.05, 4.69) is 10.2 Å². The van der Waals surface area contributed by atoms with Crippen molar-refractivity contribution in [1.29, 1.82) is 0 Å². The molecule has 2 rings (SSSR count). The van der Waals surface area contributed by atoms with Gasteiger partial charge in [-0.2, -0.15) is 0 Å². The second-order valence-electron chi connectivity index (χ2n) is 4.87. The van der Waals surface area contributed by atoms with Gasteiger partial charge < -0.3 is 15.0 Å². The van der Waals surface area contributed by atoms with Crippen LogP contribution in [0.4, 0.5) is 0 Å². The SMILES string of the molecule is COCCN1CCC(C2CCCN2)CC1. The van der Waals surface area contributed by atoms with Crippen LogP contribution < -0.4 is 5.32 Å². The number of rotatable bonds is 4. The third kappa shape index (κ3) is 3.16. The number of methoxy groups -OCH3 is 1. The molecule has 3 heteroatoms. The molecular formula is C12H24N2O. The zero-order valence-electron chi connectivity index (χ0n) is 9.87. The van der Waals surface area contributed by atoms with Gasteiger partial charge in [0.05, 0.1) is 6.61 Å². The van der Waals surface area contributed by atoms with Gasteiger partial charge >= 0.3 is 0 Å². The van der Waals surface area contributed by atoms with Gasteiger partial charge in [0.25, 0.3) is 0 Å². The smallest absolute Gasteiger partial charge is 0.0589 e. The largest absolute Gasteiger partial charge is 0.383 e. The molecule has 1 unspecified atom stereocenters. The van der Waals surface area contributed by atoms with Crippen LogP contribution in [0.3, 0.4) is 0 Å². The minimum atomic E-state index is 0.828. The van der Waals surface area contributed by atoms with Gasteiger partial charge in [-0.25, -0.2) is 0 Å². The van der Waals surface area contributed by atoms with Crippen LogP contribution in [0.25, 0.3) is 0 Å². The molecule has 1 atom stereocenters. The molecule has 0 aromatic carbocycles. The first kappa shape index (κ1) is 11.4. The topological polar surface area (TPSA) is 24.5 Å². The molecule has 2 aliphatic heterocycles. The predicted octanol–water partition coefficient (Wildman–Crippen LogP) is 1.10. The van der Waals surface area contributed by atoms with Gasteiger partial charge in [-0.15, -0.1) is 0 Å². The molecule has 0 aromatic heterocycles. The second kappa shape index (κ2) is 5.83. The van der Waals surface area contributed by atoms with Crippen LogP contribution >= 0.6 is 0 Å². The minimum Gasteiger partial charge on any atom is -0.383 e. The molecule has 0 radical (unpaired) electrons. The van der Waals surface area contributed by atoms with Crippen molar-refractivity contribution in [3.8, 4) is 0 Å². The molecule has 88 valence electrons. The lowest BCUT2D eigenvalue weighted by Gasteiger charge is -2.34. The summed E-state index contributed by atoms with van der Waals surface area (Å²) in [6.45, 7) is 5.78. The second-order valence-corrected chi connectivity index (χ2v) is 4.87. The standard InChI is InChI=1S/C12H24N2O/c1-15-10-9-14-7-4-11(5-8-14)12-3-2-6-13-12/h11-13H,2-10H2,1H3. The maximum atomic E-state index is 5.12. The Kier molecular flexibility index (Phi) is 4.42. The fourth-order valence-corrected chi connectivity index (χ4v) is 2.91. The van der Waals surface area contributed by atoms with E-state index in [0.717, 1.165) is 25.1 Å². The summed E-state index contributed by atoms with van der Waals surface area (Å²) in [7, 11) is 1.79. The molecule has 0 spiro atoms. The van der Waals surface area contributed by atoms with Crippen LogP contribution in [0, 0.1) is 5.92 Å². The minimum absolute atomic E-state index is 0.828. The van der Waals surface area contributed by atoms with Crippen molar-refractivity contribution in [3.05, 3.63) is 0 Å². The summed E-state index contributed by atoms with van der Waals surface area (Å²) in [5.74, 6) is 0.936. The molecule has 2 aliphatic rings. The van der Waals surface area contributed by atoms with Gasteiger partial charge in [0.1, 0.15) is 0 Å². The van der Waals surface area contributed by atoms with Crippen LogP contribution in [-0.2, 0) is 4.74 Å². The summed E-state index contributed by atoms with van der Waals surface area (Å²) in [6.07, 6.45) is 5.54. The van der Waals surface area contributed by atoms with E-state index in [-0.39, 0.29) is 0 Å². The zero-order chi connectivity index (χ0) is 10.5. The van der Waals surface area contributed by atoms with E-state index in [1.54, 1.807) is 7.11 Å². The lowest BCUT2D eigenvalue weighted by molar-refractivity contribution is 0.112. The number of likely N-dealkylation sites (tertiary alicyclic amines) is 1. The van der Waals surface area contributed by atoms with E-state index in [1.807, 2.05) is 0 Å². The Labute approximate surface area is 93.2 Å². The summed E-state index contributed by atoms with van der Waals surface area (Å²) in [5.41, 5.74) is 0. The van der Waals surface area contributed by atoms with Crippen molar-refractivity contribution < 1.29 is 4.74 Å². The highest BCUT2D eigenvalue weighted by molar-refractivity contribution is 4.85. The van der Waals surface area contributed by atoms with E-state index in [9.17, 15) is 0 Å². The molecule has 2 heterocycles. The molecular weight excluding hydrogens is 188 g/mol. The summed E-state index contributed by atoms with van der Waals surface area (Å²) in [4.78, 5) is 2.54. The Morgan fingerprint density at radius 2 is 2.07 bits per heavy atom. The molecule has 15 heavy (non-hydrogen) atoms. The highest BCUT2D eigenvalue weighted by Gasteiger charge is 2.27. The van der Waals surface area contributed by atoms with Gasteiger partial charge in [-0.1, -0.05) is 0 Å². The van der Waals surface area contributed by atoms with Gasteiger partial charge in [-0.05, 0) is 51.2 Å². The van der Waals surface area contributed by atoms with E-state index in [4.69, 9.17) is 4.74 Å². The molecule has 0 amide bonds. The lowest BCUT2D eigenvalue weighted by atomic mass is 9.88. The van der Waals surface area contributed by atoms with E-state index in [1.165, 1.54) is 45.3 Å². The summed E-state index contributed by atoms with van der Waals surface area (Å²) < 4.78 is 5.12. The lowest BCUT2D eigenvalue weighted by Crippen LogP contribution is -2.41. The zero-order valence-corrected chi connectivity index (χ0v) is 9.87. The fraction of sp³-hybridized carbons (Fsp3) is 1.00. The normalized spacial score (nSPS) is 29.8. The van der Waals surface area contributed by atoms with Crippen LogP contribution in [0.2, 0.25) is 0 Å². The Morgan fingerprint density at radius 3 is 2.67 bits per heavy atom. The highest BCUT2D eigenvalue weighted by Crippen LogP contribution is 2.25. The Balaban J connectivity index is 1.67. The maximum Gasteiger partial charge on any atom is 0.0589 e. The molecule has 2 fully saturated rings. The third-order valence-electron chi connectivity index (χ3n) is 3.91. The average Bonchev–Trinajstić information content (AvgIpc) is 2.80. The Morgan fingerprint density at radius 1 is 1.27 bits per heavy atom. The number of piperidine rings is 1. The highest BCUT2D eigenvalue weighted by atomic mass is 16.5. The third-order valence-corrected chi connectivity index (χ3v) is 3.91. The van der Waals surface area contributed by atoms with Crippen molar-refractivity contribution in [3.63, 3.8) is 0 Å². The van der Waals surface area contributed by atoms with E-state index in [0.29, 0.717) is 0 Å². The number of nitrogens with one attached hydrogen (secondary N) is 1. The van der Waals surface area contributed by atoms with Crippen LogP contribution in [0.1, 0.15) is 25.7 Å². The van der Waals surface area contributed by atoms with E-state index < -0.39 is 0 Å². The molecule has 0 aliphatic carbocycles. The first-order valence-electron chi connectivity index (χ1n) is 6.35. The number of hydrogen-bond acceptors (Lipinski definition) is 3. The first-order chi connectivity index (χ1) is 7.40. The summed E-state index contributed by atoms with van der Waals surface area (Å²) in [6, 6.07) is 0.828. The van der Waals surface area contributed by atoms with Gasteiger partial charge in [-0.3, -0.25) is 0 Å². The number of hydrogen-bond donors (Lipinski definition) is 1. The maximum absolute atomic E-state index is 5.12. The van der Waals surface area contributed by atoms with Gasteiger partial charge in [0.2, 0.25) is 0 Å². The molecule has 0 bridgehead atoms. The van der Waals surface area contributed by atoms with Gasteiger partial charge in [0, 0.05) is 19.7 Å². The fourth-order valence-electron chi connectivity index (χ4n) is 2.91. The molecule has 3 nitrogen and oxygen atoms in total. The first-order valence-corrected chi connectivity index (χ1v) is 6.35. The molecule has 2 saturated heterocycles. The van der Waals surface area contributed by atoms with Crippen molar-refractivity contribution >= 4 is 0 Å². The Hall–Kier alpha value is -0.120. The summed E-state index contributed by atoms with van der Waals surface area (Å²) in [5, 5.41) is 3.64. The Bertz CT molecular complexity index is 172. The van der Waals surface area contributed by atoms with E-state index >= 15 is 0 Å². The number of ether oxygens (including phenoxy) is 1. The molecule has 1 N–H and O–H groups in total. The van der Waals surface area contributed by atoms with Crippen LogP contribution in [0.5, 0.6) is 0 Å². The van der Waals surface area contributed by atoms with Crippen molar-refractivity contribution in [2.24, 2.45) is 5.92 Å². The molecule has 0 saturated carbocycles. The predicted molar refractivity (Wildman–Crippen MR) is 62.1 cm³/mol.